The number of carbonyl (C=O) groups excluding carboxylic acids is 1. The van der Waals surface area contributed by atoms with Gasteiger partial charge in [0.1, 0.15) is 5.75 Å². The fraction of sp³-hybridized carbons (Fsp3) is 0.357. The van der Waals surface area contributed by atoms with Crippen molar-refractivity contribution in [2.24, 2.45) is 0 Å². The highest BCUT2D eigenvalue weighted by Crippen LogP contribution is 2.23. The molecule has 98 valence electrons. The number of nitrogens with zero attached hydrogens (tertiary/aromatic N) is 1. The zero-order valence-electron chi connectivity index (χ0n) is 11.1. The minimum atomic E-state index is -0.521. The van der Waals surface area contributed by atoms with Crippen molar-refractivity contribution in [2.45, 2.75) is 19.4 Å². The number of nitrogen functional groups attached to an aromatic ring is 1. The summed E-state index contributed by atoms with van der Waals surface area (Å²) in [5.41, 5.74) is 7.34. The molecule has 4 heteroatoms. The first-order chi connectivity index (χ1) is 8.45. The summed E-state index contributed by atoms with van der Waals surface area (Å²) in [6, 6.07) is 5.38. The van der Waals surface area contributed by atoms with Crippen LogP contribution in [0, 0.1) is 0 Å². The topological polar surface area (TPSA) is 55.6 Å². The summed E-state index contributed by atoms with van der Waals surface area (Å²) < 4.78 is 5.68. The van der Waals surface area contributed by atoms with Crippen molar-refractivity contribution in [3.63, 3.8) is 0 Å². The van der Waals surface area contributed by atoms with Gasteiger partial charge in [0, 0.05) is 19.8 Å². The number of hydrogen-bond acceptors (Lipinski definition) is 3. The minimum Gasteiger partial charge on any atom is -0.481 e. The molecule has 0 spiro atoms. The molecule has 1 aromatic carbocycles. The molecule has 0 heterocycles. The van der Waals surface area contributed by atoms with Gasteiger partial charge in [0.15, 0.2) is 6.10 Å². The monoisotopic (exact) mass is 248 g/mol. The molecule has 0 aromatic heterocycles. The molecule has 1 unspecified atom stereocenters. The lowest BCUT2D eigenvalue weighted by molar-refractivity contribution is -0.135. The average molecular weight is 248 g/mol. The molecule has 0 aliphatic heterocycles. The molecule has 0 saturated carbocycles. The lowest BCUT2D eigenvalue weighted by atomic mass is 10.1. The number of ether oxygens (including phenoxy) is 1. The van der Waals surface area contributed by atoms with Gasteiger partial charge >= 0.3 is 0 Å². The van der Waals surface area contributed by atoms with Crippen LogP contribution in [0.15, 0.2) is 30.9 Å². The summed E-state index contributed by atoms with van der Waals surface area (Å²) >= 11 is 0. The first-order valence-electron chi connectivity index (χ1n) is 5.82. The Bertz CT molecular complexity index is 441. The molecule has 0 aliphatic carbocycles. The maximum absolute atomic E-state index is 11.7. The van der Waals surface area contributed by atoms with Crippen LogP contribution in [0.5, 0.6) is 5.75 Å². The summed E-state index contributed by atoms with van der Waals surface area (Å²) in [5.74, 6) is 0.600. The van der Waals surface area contributed by atoms with Gasteiger partial charge in [-0.15, -0.1) is 6.58 Å². The predicted octanol–water partition coefficient (Wildman–Crippen LogP) is 1.85. The molecule has 0 fully saturated rings. The third kappa shape index (κ3) is 3.52. The van der Waals surface area contributed by atoms with E-state index in [4.69, 9.17) is 10.5 Å². The van der Waals surface area contributed by atoms with Gasteiger partial charge in [-0.3, -0.25) is 4.79 Å². The second-order valence-corrected chi connectivity index (χ2v) is 4.35. The Labute approximate surface area is 108 Å². The van der Waals surface area contributed by atoms with Gasteiger partial charge in [-0.2, -0.15) is 0 Å². The molecule has 0 saturated heterocycles. The van der Waals surface area contributed by atoms with E-state index in [2.05, 4.69) is 6.58 Å². The maximum atomic E-state index is 11.7. The van der Waals surface area contributed by atoms with Crippen molar-refractivity contribution >= 4 is 11.6 Å². The number of anilines is 1. The number of carbonyl (C=O) groups is 1. The van der Waals surface area contributed by atoms with Crippen LogP contribution >= 0.6 is 0 Å². The Morgan fingerprint density at radius 3 is 2.78 bits per heavy atom. The maximum Gasteiger partial charge on any atom is 0.262 e. The molecular formula is C14H20N2O2. The lowest BCUT2D eigenvalue weighted by Crippen LogP contribution is -2.35. The smallest absolute Gasteiger partial charge is 0.262 e. The largest absolute Gasteiger partial charge is 0.481 e. The number of nitrogens with two attached hydrogens (primary N) is 1. The van der Waals surface area contributed by atoms with Crippen LogP contribution in [0.4, 0.5) is 5.69 Å². The van der Waals surface area contributed by atoms with E-state index < -0.39 is 6.10 Å². The van der Waals surface area contributed by atoms with E-state index in [1.54, 1.807) is 39.2 Å². The summed E-state index contributed by atoms with van der Waals surface area (Å²) in [6.45, 7) is 5.43. The van der Waals surface area contributed by atoms with Gasteiger partial charge in [0.2, 0.25) is 0 Å². The highest BCUT2D eigenvalue weighted by atomic mass is 16.5. The van der Waals surface area contributed by atoms with Crippen molar-refractivity contribution < 1.29 is 9.53 Å². The molecule has 1 rings (SSSR count). The second-order valence-electron chi connectivity index (χ2n) is 4.35. The fourth-order valence-electron chi connectivity index (χ4n) is 1.63. The third-order valence-electron chi connectivity index (χ3n) is 2.54. The molecule has 4 nitrogen and oxygen atoms in total. The first kappa shape index (κ1) is 14.1. The molecule has 0 aliphatic rings. The van der Waals surface area contributed by atoms with E-state index in [0.717, 1.165) is 5.56 Å². The highest BCUT2D eigenvalue weighted by Gasteiger charge is 2.17. The Kier molecular flexibility index (Phi) is 4.77. The number of allylic oxidation sites excluding steroid dienone is 1. The summed E-state index contributed by atoms with van der Waals surface area (Å²) in [7, 11) is 3.41. The number of benzene rings is 1. The van der Waals surface area contributed by atoms with Gasteiger partial charge in [0.25, 0.3) is 5.91 Å². The van der Waals surface area contributed by atoms with Crippen LogP contribution in [0.25, 0.3) is 0 Å². The van der Waals surface area contributed by atoms with E-state index >= 15 is 0 Å². The molecule has 1 amide bonds. The van der Waals surface area contributed by atoms with Crippen molar-refractivity contribution in [3.05, 3.63) is 36.4 Å². The Morgan fingerprint density at radius 2 is 2.22 bits per heavy atom. The van der Waals surface area contributed by atoms with E-state index in [-0.39, 0.29) is 5.91 Å². The standard InChI is InChI=1S/C14H20N2O2/c1-5-6-11-9-12(15)7-8-13(11)18-10(2)14(17)16(3)4/h5,7-10H,1,6,15H2,2-4H3. The molecule has 1 aromatic rings. The summed E-state index contributed by atoms with van der Waals surface area (Å²) in [4.78, 5) is 13.2. The van der Waals surface area contributed by atoms with Crippen LogP contribution in [-0.2, 0) is 11.2 Å². The van der Waals surface area contributed by atoms with Crippen molar-refractivity contribution in [1.29, 1.82) is 0 Å². The summed E-state index contributed by atoms with van der Waals surface area (Å²) in [5, 5.41) is 0. The van der Waals surface area contributed by atoms with E-state index in [1.165, 1.54) is 4.90 Å². The zero-order valence-corrected chi connectivity index (χ0v) is 11.1. The number of rotatable bonds is 5. The Hall–Kier alpha value is -1.97. The Balaban J connectivity index is 2.89. The van der Waals surface area contributed by atoms with E-state index in [1.807, 2.05) is 6.07 Å². The predicted molar refractivity (Wildman–Crippen MR) is 73.5 cm³/mol. The quantitative estimate of drug-likeness (QED) is 0.639. The van der Waals surface area contributed by atoms with E-state index in [0.29, 0.717) is 17.9 Å². The molecule has 18 heavy (non-hydrogen) atoms. The summed E-state index contributed by atoms with van der Waals surface area (Å²) in [6.07, 6.45) is 1.91. The van der Waals surface area contributed by atoms with Crippen LogP contribution < -0.4 is 10.5 Å². The molecule has 1 atom stereocenters. The normalized spacial score (nSPS) is 11.7. The molecule has 2 N–H and O–H groups in total. The van der Waals surface area contributed by atoms with Gasteiger partial charge in [-0.1, -0.05) is 6.08 Å². The minimum absolute atomic E-state index is 0.0728. The fourth-order valence-corrected chi connectivity index (χ4v) is 1.63. The van der Waals surface area contributed by atoms with Gasteiger partial charge < -0.3 is 15.4 Å². The van der Waals surface area contributed by atoms with Crippen LogP contribution in [0.1, 0.15) is 12.5 Å². The van der Waals surface area contributed by atoms with Crippen molar-refractivity contribution in [1.82, 2.24) is 4.90 Å². The molecule has 0 bridgehead atoms. The van der Waals surface area contributed by atoms with Crippen molar-refractivity contribution in [3.8, 4) is 5.75 Å². The van der Waals surface area contributed by atoms with Crippen LogP contribution in [0.3, 0.4) is 0 Å². The van der Waals surface area contributed by atoms with Gasteiger partial charge in [-0.25, -0.2) is 0 Å². The van der Waals surface area contributed by atoms with Crippen LogP contribution in [-0.4, -0.2) is 31.0 Å². The van der Waals surface area contributed by atoms with Crippen LogP contribution in [0.2, 0.25) is 0 Å². The lowest BCUT2D eigenvalue weighted by Gasteiger charge is -2.20. The van der Waals surface area contributed by atoms with Gasteiger partial charge in [0.05, 0.1) is 0 Å². The van der Waals surface area contributed by atoms with Crippen molar-refractivity contribution in [2.75, 3.05) is 19.8 Å². The van der Waals surface area contributed by atoms with E-state index in [9.17, 15) is 4.79 Å². The number of likely N-dealkylation sites (N-methyl/N-ethyl adjacent to an activating group) is 1. The number of hydrogen-bond donors (Lipinski definition) is 1. The highest BCUT2D eigenvalue weighted by molar-refractivity contribution is 5.80. The molecule has 0 radical (unpaired) electrons. The second kappa shape index (κ2) is 6.10. The van der Waals surface area contributed by atoms with Gasteiger partial charge in [-0.05, 0) is 37.1 Å². The first-order valence-corrected chi connectivity index (χ1v) is 5.82. The molecular weight excluding hydrogens is 228 g/mol. The SMILES string of the molecule is C=CCc1cc(N)ccc1OC(C)C(=O)N(C)C. The average Bonchev–Trinajstić information content (AvgIpc) is 2.31. The zero-order chi connectivity index (χ0) is 13.7. The number of amides is 1. The Morgan fingerprint density at radius 1 is 1.56 bits per heavy atom. The third-order valence-corrected chi connectivity index (χ3v) is 2.54.